The first-order chi connectivity index (χ1) is 12.3. The average molecular weight is 396 g/mol. The minimum absolute atomic E-state index is 0.267. The molecule has 1 saturated heterocycles. The molecule has 0 bridgehead atoms. The van der Waals surface area contributed by atoms with Crippen LogP contribution in [0.3, 0.4) is 0 Å². The molecule has 2 heterocycles. The van der Waals surface area contributed by atoms with Crippen LogP contribution in [0, 0.1) is 6.92 Å². The van der Waals surface area contributed by atoms with Gasteiger partial charge < -0.3 is 10.2 Å². The topological polar surface area (TPSA) is 79.3 Å². The molecule has 1 aromatic carbocycles. The molecule has 3 rings (SSSR count). The molecule has 138 valence electrons. The Labute approximate surface area is 161 Å². The SMILES string of the molecule is Cc1cc(NC(=O)N2CCC[C@@H]2C(=O)Nc2cc(Cl)cc(Cl)c2)n(C)n1. The van der Waals surface area contributed by atoms with Crippen molar-refractivity contribution in [3.05, 3.63) is 40.0 Å². The highest BCUT2D eigenvalue weighted by molar-refractivity contribution is 6.35. The Hall–Kier alpha value is -2.25. The number of nitrogens with zero attached hydrogens (tertiary/aromatic N) is 3. The lowest BCUT2D eigenvalue weighted by molar-refractivity contribution is -0.119. The van der Waals surface area contributed by atoms with E-state index < -0.39 is 6.04 Å². The summed E-state index contributed by atoms with van der Waals surface area (Å²) < 4.78 is 1.59. The standard InChI is InChI=1S/C17H19Cl2N5O2/c1-10-6-15(23(2)22-10)21-17(26)24-5-3-4-14(24)16(25)20-13-8-11(18)7-12(19)9-13/h6-9,14H,3-5H2,1-2H3,(H,20,25)(H,21,26)/t14-/m1/s1. The number of likely N-dealkylation sites (tertiary alicyclic amines) is 1. The van der Waals surface area contributed by atoms with Crippen LogP contribution in [0.4, 0.5) is 16.3 Å². The summed E-state index contributed by atoms with van der Waals surface area (Å²) in [7, 11) is 1.75. The highest BCUT2D eigenvalue weighted by Crippen LogP contribution is 2.25. The van der Waals surface area contributed by atoms with E-state index in [1.807, 2.05) is 6.92 Å². The number of aryl methyl sites for hydroxylation is 2. The van der Waals surface area contributed by atoms with Gasteiger partial charge in [-0.2, -0.15) is 5.10 Å². The lowest BCUT2D eigenvalue weighted by Gasteiger charge is -2.24. The molecule has 0 unspecified atom stereocenters. The first-order valence-corrected chi connectivity index (χ1v) is 8.94. The number of carbonyl (C=O) groups is 2. The monoisotopic (exact) mass is 395 g/mol. The van der Waals surface area contributed by atoms with E-state index in [1.54, 1.807) is 36.0 Å². The largest absolute Gasteiger partial charge is 0.324 e. The minimum Gasteiger partial charge on any atom is -0.324 e. The average Bonchev–Trinajstić information content (AvgIpc) is 3.13. The molecule has 9 heteroatoms. The van der Waals surface area contributed by atoms with Crippen LogP contribution in [0.25, 0.3) is 0 Å². The summed E-state index contributed by atoms with van der Waals surface area (Å²) in [6.45, 7) is 2.36. The molecule has 1 aliphatic heterocycles. The van der Waals surface area contributed by atoms with Gasteiger partial charge in [0.2, 0.25) is 5.91 Å². The smallest absolute Gasteiger partial charge is 0.323 e. The summed E-state index contributed by atoms with van der Waals surface area (Å²) in [6, 6.07) is 5.71. The Morgan fingerprint density at radius 1 is 1.15 bits per heavy atom. The third-order valence-electron chi connectivity index (χ3n) is 4.18. The number of hydrogen-bond acceptors (Lipinski definition) is 3. The van der Waals surface area contributed by atoms with Crippen molar-refractivity contribution in [2.75, 3.05) is 17.2 Å². The van der Waals surface area contributed by atoms with Gasteiger partial charge in [-0.25, -0.2) is 4.79 Å². The first-order valence-electron chi connectivity index (χ1n) is 8.18. The highest BCUT2D eigenvalue weighted by Gasteiger charge is 2.34. The molecule has 1 atom stereocenters. The number of rotatable bonds is 3. The van der Waals surface area contributed by atoms with Gasteiger partial charge in [-0.05, 0) is 38.0 Å². The van der Waals surface area contributed by atoms with Crippen LogP contribution < -0.4 is 10.6 Å². The van der Waals surface area contributed by atoms with Gasteiger partial charge in [-0.15, -0.1) is 0 Å². The fourth-order valence-electron chi connectivity index (χ4n) is 3.04. The Morgan fingerprint density at radius 2 is 1.85 bits per heavy atom. The fraction of sp³-hybridized carbons (Fsp3) is 0.353. The molecule has 1 aliphatic rings. The molecule has 0 saturated carbocycles. The van der Waals surface area contributed by atoms with Crippen LogP contribution in [0.1, 0.15) is 18.5 Å². The Kier molecular flexibility index (Phi) is 5.38. The lowest BCUT2D eigenvalue weighted by Crippen LogP contribution is -2.45. The second-order valence-corrected chi connectivity index (χ2v) is 7.10. The van der Waals surface area contributed by atoms with Gasteiger partial charge in [0.05, 0.1) is 5.69 Å². The van der Waals surface area contributed by atoms with Crippen molar-refractivity contribution < 1.29 is 9.59 Å². The number of urea groups is 1. The molecule has 0 aliphatic carbocycles. The molecular formula is C17H19Cl2N5O2. The molecular weight excluding hydrogens is 377 g/mol. The van der Waals surface area contributed by atoms with Crippen molar-refractivity contribution >= 4 is 46.6 Å². The van der Waals surface area contributed by atoms with Crippen LogP contribution in [0.5, 0.6) is 0 Å². The lowest BCUT2D eigenvalue weighted by atomic mass is 10.2. The van der Waals surface area contributed by atoms with Gasteiger partial charge >= 0.3 is 6.03 Å². The normalized spacial score (nSPS) is 16.6. The summed E-state index contributed by atoms with van der Waals surface area (Å²) in [4.78, 5) is 26.8. The van der Waals surface area contributed by atoms with Crippen LogP contribution in [0.2, 0.25) is 10.0 Å². The van der Waals surface area contributed by atoms with Gasteiger partial charge in [-0.1, -0.05) is 23.2 Å². The van der Waals surface area contributed by atoms with Gasteiger partial charge in [0, 0.05) is 35.4 Å². The summed E-state index contributed by atoms with van der Waals surface area (Å²) in [5.74, 6) is 0.317. The maximum absolute atomic E-state index is 12.6. The van der Waals surface area contributed by atoms with Crippen LogP contribution >= 0.6 is 23.2 Å². The summed E-state index contributed by atoms with van der Waals surface area (Å²) in [5.41, 5.74) is 1.30. The number of benzene rings is 1. The highest BCUT2D eigenvalue weighted by atomic mass is 35.5. The van der Waals surface area contributed by atoms with E-state index in [4.69, 9.17) is 23.2 Å². The molecule has 1 fully saturated rings. The second-order valence-electron chi connectivity index (χ2n) is 6.22. The molecule has 26 heavy (non-hydrogen) atoms. The number of carbonyl (C=O) groups excluding carboxylic acids is 2. The fourth-order valence-corrected chi connectivity index (χ4v) is 3.57. The number of hydrogen-bond donors (Lipinski definition) is 2. The van der Waals surface area contributed by atoms with Crippen LogP contribution in [-0.4, -0.2) is 39.2 Å². The number of halogens is 2. The van der Waals surface area contributed by atoms with Crippen molar-refractivity contribution in [1.29, 1.82) is 0 Å². The number of aromatic nitrogens is 2. The number of amides is 3. The van der Waals surface area contributed by atoms with Crippen LogP contribution in [0.15, 0.2) is 24.3 Å². The van der Waals surface area contributed by atoms with Crippen molar-refractivity contribution in [3.8, 4) is 0 Å². The van der Waals surface area contributed by atoms with E-state index in [2.05, 4.69) is 15.7 Å². The summed E-state index contributed by atoms with van der Waals surface area (Å²) in [5, 5.41) is 10.6. The first kappa shape index (κ1) is 18.5. The minimum atomic E-state index is -0.554. The van der Waals surface area contributed by atoms with Crippen molar-refractivity contribution in [2.45, 2.75) is 25.8 Å². The summed E-state index contributed by atoms with van der Waals surface area (Å²) >= 11 is 11.9. The molecule has 2 aromatic rings. The van der Waals surface area contributed by atoms with Gasteiger partial charge in [0.15, 0.2) is 0 Å². The number of anilines is 2. The van der Waals surface area contributed by atoms with Crippen LogP contribution in [-0.2, 0) is 11.8 Å². The maximum Gasteiger partial charge on any atom is 0.323 e. The predicted molar refractivity (Wildman–Crippen MR) is 102 cm³/mol. The molecule has 7 nitrogen and oxygen atoms in total. The van der Waals surface area contributed by atoms with E-state index >= 15 is 0 Å². The summed E-state index contributed by atoms with van der Waals surface area (Å²) in [6.07, 6.45) is 1.35. The Balaban J connectivity index is 1.69. The third kappa shape index (κ3) is 4.11. The van der Waals surface area contributed by atoms with Gasteiger partial charge in [0.25, 0.3) is 0 Å². The Bertz CT molecular complexity index is 831. The van der Waals surface area contributed by atoms with E-state index in [0.29, 0.717) is 34.5 Å². The van der Waals surface area contributed by atoms with E-state index in [1.165, 1.54) is 4.90 Å². The maximum atomic E-state index is 12.6. The van der Waals surface area contributed by atoms with Crippen molar-refractivity contribution in [1.82, 2.24) is 14.7 Å². The third-order valence-corrected chi connectivity index (χ3v) is 4.62. The molecule has 2 N–H and O–H groups in total. The molecule has 1 aromatic heterocycles. The van der Waals surface area contributed by atoms with E-state index in [0.717, 1.165) is 12.1 Å². The van der Waals surface area contributed by atoms with Crippen molar-refractivity contribution in [3.63, 3.8) is 0 Å². The molecule has 0 radical (unpaired) electrons. The zero-order valence-electron chi connectivity index (χ0n) is 14.4. The molecule has 0 spiro atoms. The van der Waals surface area contributed by atoms with Gasteiger partial charge in [-0.3, -0.25) is 14.8 Å². The van der Waals surface area contributed by atoms with E-state index in [-0.39, 0.29) is 11.9 Å². The quantitative estimate of drug-likeness (QED) is 0.831. The number of nitrogens with one attached hydrogen (secondary N) is 2. The predicted octanol–water partition coefficient (Wildman–Crippen LogP) is 3.67. The van der Waals surface area contributed by atoms with E-state index in [9.17, 15) is 9.59 Å². The second kappa shape index (κ2) is 7.55. The van der Waals surface area contributed by atoms with Gasteiger partial charge in [0.1, 0.15) is 11.9 Å². The van der Waals surface area contributed by atoms with Crippen molar-refractivity contribution in [2.24, 2.45) is 7.05 Å². The zero-order valence-corrected chi connectivity index (χ0v) is 15.9. The zero-order chi connectivity index (χ0) is 18.8. The Morgan fingerprint density at radius 3 is 2.46 bits per heavy atom. The molecule has 3 amide bonds.